The Hall–Kier alpha value is -1.86. The Labute approximate surface area is 147 Å². The van der Waals surface area contributed by atoms with Crippen molar-refractivity contribution >= 4 is 26.9 Å². The lowest BCUT2D eigenvalue weighted by molar-refractivity contribution is -0.140. The number of hydrogen-bond acceptors (Lipinski definition) is 3. The molecule has 1 atom stereocenters. The number of carboxylic acids is 1. The first-order valence-electron chi connectivity index (χ1n) is 8.57. The van der Waals surface area contributed by atoms with Gasteiger partial charge in [0.1, 0.15) is 6.04 Å². The standard InChI is InChI=1S/C18H24N2O4S/c1-11(2)17(18(21)22)19-25(23,24)12-8-9-14-13-6-4-5-7-15(13)20(3)16(14)10-12/h8-11,17,19H,4-7H2,1-3H3,(H,21,22)/t17-/m1/s1. The summed E-state index contributed by atoms with van der Waals surface area (Å²) in [5.41, 5.74) is 3.46. The molecule has 0 spiro atoms. The number of aryl methyl sites for hydroxylation is 2. The summed E-state index contributed by atoms with van der Waals surface area (Å²) in [7, 11) is -1.94. The zero-order chi connectivity index (χ0) is 18.4. The number of aliphatic carboxylic acids is 1. The fraction of sp³-hybridized carbons (Fsp3) is 0.500. The quantitative estimate of drug-likeness (QED) is 0.853. The van der Waals surface area contributed by atoms with E-state index in [-0.39, 0.29) is 10.8 Å². The molecule has 0 unspecified atom stereocenters. The van der Waals surface area contributed by atoms with Gasteiger partial charge in [-0.2, -0.15) is 4.72 Å². The van der Waals surface area contributed by atoms with Crippen molar-refractivity contribution in [2.45, 2.75) is 50.5 Å². The Morgan fingerprint density at radius 1 is 1.24 bits per heavy atom. The molecule has 1 aromatic carbocycles. The molecule has 3 rings (SSSR count). The SMILES string of the molecule is CC(C)[C@@H](NS(=O)(=O)c1ccc2c3c(n(C)c2c1)CCCC3)C(=O)O. The van der Waals surface area contributed by atoms with Crippen LogP contribution in [0.3, 0.4) is 0 Å². The maximum atomic E-state index is 12.7. The van der Waals surface area contributed by atoms with Gasteiger partial charge in [0, 0.05) is 23.6 Å². The fourth-order valence-electron chi connectivity index (χ4n) is 3.61. The molecule has 1 aliphatic rings. The molecule has 0 saturated heterocycles. The molecule has 0 radical (unpaired) electrons. The lowest BCUT2D eigenvalue weighted by Crippen LogP contribution is -2.44. The van der Waals surface area contributed by atoms with E-state index in [2.05, 4.69) is 9.29 Å². The Kier molecular flexibility index (Phi) is 4.64. The summed E-state index contributed by atoms with van der Waals surface area (Å²) in [5, 5.41) is 10.3. The van der Waals surface area contributed by atoms with Gasteiger partial charge in [-0.05, 0) is 49.3 Å². The number of carboxylic acid groups (broad SMARTS) is 1. The van der Waals surface area contributed by atoms with Crippen LogP contribution in [0, 0.1) is 5.92 Å². The Morgan fingerprint density at radius 3 is 2.56 bits per heavy atom. The first-order valence-corrected chi connectivity index (χ1v) is 10.1. The minimum absolute atomic E-state index is 0.102. The number of nitrogens with one attached hydrogen (secondary N) is 1. The van der Waals surface area contributed by atoms with Crippen LogP contribution in [0.15, 0.2) is 23.1 Å². The van der Waals surface area contributed by atoms with Crippen LogP contribution in [0.5, 0.6) is 0 Å². The van der Waals surface area contributed by atoms with Gasteiger partial charge < -0.3 is 9.67 Å². The first-order chi connectivity index (χ1) is 11.7. The first kappa shape index (κ1) is 17.9. The number of aromatic nitrogens is 1. The van der Waals surface area contributed by atoms with Gasteiger partial charge >= 0.3 is 5.97 Å². The summed E-state index contributed by atoms with van der Waals surface area (Å²) < 4.78 is 29.7. The molecule has 0 aliphatic heterocycles. The third kappa shape index (κ3) is 3.18. The maximum absolute atomic E-state index is 12.7. The average Bonchev–Trinajstić information content (AvgIpc) is 2.85. The summed E-state index contributed by atoms with van der Waals surface area (Å²) in [6.45, 7) is 3.35. The average molecular weight is 364 g/mol. The highest BCUT2D eigenvalue weighted by molar-refractivity contribution is 7.89. The molecule has 1 aromatic heterocycles. The molecule has 2 aromatic rings. The summed E-state index contributed by atoms with van der Waals surface area (Å²) in [6, 6.07) is 3.91. The van der Waals surface area contributed by atoms with Crippen molar-refractivity contribution < 1.29 is 18.3 Å². The van der Waals surface area contributed by atoms with E-state index in [1.54, 1.807) is 26.0 Å². The second-order valence-electron chi connectivity index (χ2n) is 7.05. The van der Waals surface area contributed by atoms with Crippen LogP contribution in [0.4, 0.5) is 0 Å². The minimum Gasteiger partial charge on any atom is -0.480 e. The largest absolute Gasteiger partial charge is 0.480 e. The Bertz CT molecular complexity index is 928. The van der Waals surface area contributed by atoms with Crippen LogP contribution in [-0.2, 0) is 34.7 Å². The van der Waals surface area contributed by atoms with Crippen molar-refractivity contribution in [3.63, 3.8) is 0 Å². The van der Waals surface area contributed by atoms with Crippen LogP contribution in [0.2, 0.25) is 0 Å². The van der Waals surface area contributed by atoms with Crippen molar-refractivity contribution in [2.24, 2.45) is 13.0 Å². The Morgan fingerprint density at radius 2 is 1.92 bits per heavy atom. The van der Waals surface area contributed by atoms with Crippen LogP contribution in [0.1, 0.15) is 37.9 Å². The zero-order valence-electron chi connectivity index (χ0n) is 14.7. The topological polar surface area (TPSA) is 88.4 Å². The smallest absolute Gasteiger partial charge is 0.322 e. The number of rotatable bonds is 5. The molecule has 0 saturated carbocycles. The number of hydrogen-bond donors (Lipinski definition) is 2. The highest BCUT2D eigenvalue weighted by Gasteiger charge is 2.28. The number of fused-ring (bicyclic) bond motifs is 3. The summed E-state index contributed by atoms with van der Waals surface area (Å²) in [6.07, 6.45) is 4.34. The number of sulfonamides is 1. The van der Waals surface area contributed by atoms with Crippen molar-refractivity contribution in [3.8, 4) is 0 Å². The van der Waals surface area contributed by atoms with E-state index in [1.165, 1.54) is 11.3 Å². The predicted molar refractivity (Wildman–Crippen MR) is 96.1 cm³/mol. The summed E-state index contributed by atoms with van der Waals surface area (Å²) in [5.74, 6) is -1.52. The molecule has 1 heterocycles. The van der Waals surface area contributed by atoms with Crippen LogP contribution in [0.25, 0.3) is 10.9 Å². The minimum atomic E-state index is -3.90. The maximum Gasteiger partial charge on any atom is 0.322 e. The van der Waals surface area contributed by atoms with Gasteiger partial charge in [-0.15, -0.1) is 0 Å². The van der Waals surface area contributed by atoms with Gasteiger partial charge in [-0.3, -0.25) is 4.79 Å². The molecule has 2 N–H and O–H groups in total. The van der Waals surface area contributed by atoms with Gasteiger partial charge in [0.25, 0.3) is 0 Å². The lowest BCUT2D eigenvalue weighted by atomic mass is 9.96. The van der Waals surface area contributed by atoms with E-state index in [4.69, 9.17) is 0 Å². The molecular weight excluding hydrogens is 340 g/mol. The van der Waals surface area contributed by atoms with Crippen LogP contribution < -0.4 is 4.72 Å². The third-order valence-corrected chi connectivity index (χ3v) is 6.46. The molecule has 25 heavy (non-hydrogen) atoms. The molecule has 0 amide bonds. The fourth-order valence-corrected chi connectivity index (χ4v) is 4.97. The van der Waals surface area contributed by atoms with Crippen LogP contribution in [-0.4, -0.2) is 30.1 Å². The zero-order valence-corrected chi connectivity index (χ0v) is 15.6. The van der Waals surface area contributed by atoms with E-state index in [1.807, 2.05) is 13.1 Å². The van der Waals surface area contributed by atoms with Gasteiger partial charge in [0.05, 0.1) is 4.90 Å². The monoisotopic (exact) mass is 364 g/mol. The number of carbonyl (C=O) groups is 1. The van der Waals surface area contributed by atoms with Crippen molar-refractivity contribution in [2.75, 3.05) is 0 Å². The molecule has 0 bridgehead atoms. The summed E-state index contributed by atoms with van der Waals surface area (Å²) >= 11 is 0. The van der Waals surface area contributed by atoms with E-state index >= 15 is 0 Å². The van der Waals surface area contributed by atoms with Gasteiger partial charge in [0.15, 0.2) is 0 Å². The molecule has 7 heteroatoms. The summed E-state index contributed by atoms with van der Waals surface area (Å²) in [4.78, 5) is 11.4. The Balaban J connectivity index is 2.04. The van der Waals surface area contributed by atoms with Crippen LogP contribution >= 0.6 is 0 Å². The second-order valence-corrected chi connectivity index (χ2v) is 8.77. The third-order valence-electron chi connectivity index (χ3n) is 5.02. The number of nitrogens with zero attached hydrogens (tertiary/aromatic N) is 1. The van der Waals surface area contributed by atoms with E-state index in [0.29, 0.717) is 0 Å². The number of benzene rings is 1. The van der Waals surface area contributed by atoms with Crippen molar-refractivity contribution in [1.29, 1.82) is 0 Å². The van der Waals surface area contributed by atoms with E-state index < -0.39 is 22.0 Å². The molecule has 6 nitrogen and oxygen atoms in total. The lowest BCUT2D eigenvalue weighted by Gasteiger charge is -2.18. The molecule has 1 aliphatic carbocycles. The van der Waals surface area contributed by atoms with E-state index in [0.717, 1.165) is 36.6 Å². The second kappa shape index (κ2) is 6.46. The van der Waals surface area contributed by atoms with E-state index in [9.17, 15) is 18.3 Å². The molecule has 136 valence electrons. The predicted octanol–water partition coefficient (Wildman–Crippen LogP) is 2.44. The van der Waals surface area contributed by atoms with Gasteiger partial charge in [-0.1, -0.05) is 19.9 Å². The normalized spacial score (nSPS) is 16.2. The van der Waals surface area contributed by atoms with Crippen molar-refractivity contribution in [3.05, 3.63) is 29.5 Å². The van der Waals surface area contributed by atoms with Gasteiger partial charge in [-0.25, -0.2) is 8.42 Å². The highest BCUT2D eigenvalue weighted by atomic mass is 32.2. The van der Waals surface area contributed by atoms with Crippen molar-refractivity contribution in [1.82, 2.24) is 9.29 Å². The van der Waals surface area contributed by atoms with Gasteiger partial charge in [0.2, 0.25) is 10.0 Å². The highest BCUT2D eigenvalue weighted by Crippen LogP contribution is 2.32. The molecule has 0 fully saturated rings. The molecular formula is C18H24N2O4S.